The molecule has 2 aromatic carbocycles. The fourth-order valence-corrected chi connectivity index (χ4v) is 5.87. The number of nitrogens with zero attached hydrogens (tertiary/aromatic N) is 3. The standard InChI is InChI=1S/C34H53Br2N7O2/c1-41(2)18-7-21-44-33-13-11-27(23-31(33)35)15-17-38-25-29(37)9-5-6-10-30-26-43(40-39-30)20-16-28-12-14-34(32(36)24-28)45-22-8-19-42(3)4/h11-14,23-26,38-40H,5-10,15-22,37H2,1-4H3/b29-25-. The van der Waals surface area contributed by atoms with Gasteiger partial charge in [0.25, 0.3) is 0 Å². The quantitative estimate of drug-likeness (QED) is 0.112. The summed E-state index contributed by atoms with van der Waals surface area (Å²) in [6.07, 6.45) is 12.0. The average molecular weight is 752 g/mol. The summed E-state index contributed by atoms with van der Waals surface area (Å²) < 4.78 is 13.8. The molecule has 9 nitrogen and oxygen atoms in total. The molecule has 0 radical (unpaired) electrons. The van der Waals surface area contributed by atoms with E-state index in [1.807, 2.05) is 12.3 Å². The molecule has 250 valence electrons. The number of rotatable bonds is 22. The Morgan fingerprint density at radius 3 is 2.02 bits per heavy atom. The molecule has 5 N–H and O–H groups in total. The maximum Gasteiger partial charge on any atom is 0.133 e. The van der Waals surface area contributed by atoms with E-state index in [2.05, 4.69) is 128 Å². The Morgan fingerprint density at radius 2 is 1.44 bits per heavy atom. The molecule has 3 rings (SSSR count). The molecule has 0 aromatic heterocycles. The van der Waals surface area contributed by atoms with Crippen LogP contribution < -0.4 is 31.5 Å². The van der Waals surface area contributed by atoms with Crippen LogP contribution in [0.4, 0.5) is 0 Å². The number of halogens is 2. The Bertz CT molecular complexity index is 1220. The monoisotopic (exact) mass is 749 g/mol. The Balaban J connectivity index is 1.26. The molecular formula is C34H53Br2N7O2. The van der Waals surface area contributed by atoms with Crippen LogP contribution in [0.3, 0.4) is 0 Å². The molecule has 0 spiro atoms. The number of benzene rings is 2. The lowest BCUT2D eigenvalue weighted by atomic mass is 10.1. The number of hydrazine groups is 2. The minimum Gasteiger partial charge on any atom is -0.492 e. The first-order chi connectivity index (χ1) is 21.7. The Hall–Kier alpha value is -2.44. The van der Waals surface area contributed by atoms with Gasteiger partial charge in [-0.3, -0.25) is 5.01 Å². The highest BCUT2D eigenvalue weighted by Gasteiger charge is 2.12. The zero-order valence-corrected chi connectivity index (χ0v) is 30.7. The van der Waals surface area contributed by atoms with Crippen molar-refractivity contribution in [2.75, 3.05) is 67.6 Å². The first-order valence-corrected chi connectivity index (χ1v) is 17.6. The van der Waals surface area contributed by atoms with Crippen molar-refractivity contribution in [1.82, 2.24) is 31.1 Å². The van der Waals surface area contributed by atoms with Crippen molar-refractivity contribution in [3.63, 3.8) is 0 Å². The van der Waals surface area contributed by atoms with Gasteiger partial charge in [0.1, 0.15) is 11.5 Å². The van der Waals surface area contributed by atoms with Crippen molar-refractivity contribution in [1.29, 1.82) is 0 Å². The second-order valence-electron chi connectivity index (χ2n) is 12.0. The second-order valence-corrected chi connectivity index (χ2v) is 13.7. The van der Waals surface area contributed by atoms with E-state index in [9.17, 15) is 0 Å². The lowest BCUT2D eigenvalue weighted by Crippen LogP contribution is -2.37. The van der Waals surface area contributed by atoms with Gasteiger partial charge in [-0.25, -0.2) is 0 Å². The van der Waals surface area contributed by atoms with Crippen molar-refractivity contribution < 1.29 is 9.47 Å². The summed E-state index contributed by atoms with van der Waals surface area (Å²) in [5.41, 5.74) is 17.4. The lowest BCUT2D eigenvalue weighted by Gasteiger charge is -2.16. The van der Waals surface area contributed by atoms with Gasteiger partial charge in [0, 0.05) is 50.0 Å². The van der Waals surface area contributed by atoms with Crippen molar-refractivity contribution >= 4 is 31.9 Å². The molecule has 0 fully saturated rings. The third kappa shape index (κ3) is 15.1. The molecule has 0 saturated carbocycles. The van der Waals surface area contributed by atoms with E-state index in [-0.39, 0.29) is 0 Å². The van der Waals surface area contributed by atoms with Crippen molar-refractivity contribution in [2.45, 2.75) is 51.4 Å². The molecular weight excluding hydrogens is 698 g/mol. The largest absolute Gasteiger partial charge is 0.492 e. The number of allylic oxidation sites excluding steroid dienone is 2. The number of nitrogens with one attached hydrogen (secondary N) is 3. The number of hydrogen-bond acceptors (Lipinski definition) is 9. The Kier molecular flexibility index (Phi) is 17.0. The highest BCUT2D eigenvalue weighted by molar-refractivity contribution is 9.10. The summed E-state index contributed by atoms with van der Waals surface area (Å²) in [6.45, 7) is 5.19. The highest BCUT2D eigenvalue weighted by atomic mass is 79.9. The van der Waals surface area contributed by atoms with Gasteiger partial charge >= 0.3 is 0 Å². The van der Waals surface area contributed by atoms with Gasteiger partial charge in [0.05, 0.1) is 22.2 Å². The maximum atomic E-state index is 6.25. The maximum absolute atomic E-state index is 6.25. The van der Waals surface area contributed by atoms with Gasteiger partial charge < -0.3 is 35.7 Å². The zero-order chi connectivity index (χ0) is 32.4. The third-order valence-electron chi connectivity index (χ3n) is 7.33. The predicted molar refractivity (Wildman–Crippen MR) is 193 cm³/mol. The molecule has 0 unspecified atom stereocenters. The second kappa shape index (κ2) is 20.6. The van der Waals surface area contributed by atoms with Crippen LogP contribution in [0.1, 0.15) is 49.7 Å². The third-order valence-corrected chi connectivity index (χ3v) is 8.57. The van der Waals surface area contributed by atoms with E-state index in [1.165, 1.54) is 16.8 Å². The molecule has 0 aliphatic carbocycles. The van der Waals surface area contributed by atoms with Gasteiger partial charge in [-0.15, -0.1) is 5.53 Å². The summed E-state index contributed by atoms with van der Waals surface area (Å²) in [5.74, 6) is 1.80. The number of hydrogen-bond donors (Lipinski definition) is 4. The fourth-order valence-electron chi connectivity index (χ4n) is 4.79. The minimum atomic E-state index is 0.716. The molecule has 0 atom stereocenters. The molecule has 0 bridgehead atoms. The van der Waals surface area contributed by atoms with E-state index in [0.29, 0.717) is 6.61 Å². The van der Waals surface area contributed by atoms with Crippen LogP contribution in [0, 0.1) is 0 Å². The van der Waals surface area contributed by atoms with Crippen molar-refractivity contribution in [3.8, 4) is 11.5 Å². The Labute approximate surface area is 287 Å². The van der Waals surface area contributed by atoms with Crippen molar-refractivity contribution in [2.24, 2.45) is 5.73 Å². The highest BCUT2D eigenvalue weighted by Crippen LogP contribution is 2.27. The van der Waals surface area contributed by atoms with Gasteiger partial charge in [-0.2, -0.15) is 0 Å². The van der Waals surface area contributed by atoms with Crippen LogP contribution >= 0.6 is 31.9 Å². The molecule has 0 amide bonds. The van der Waals surface area contributed by atoms with Crippen LogP contribution in [0.15, 0.2) is 69.1 Å². The van der Waals surface area contributed by atoms with E-state index >= 15 is 0 Å². The summed E-state index contributed by atoms with van der Waals surface area (Å²) in [7, 11) is 8.31. The summed E-state index contributed by atoms with van der Waals surface area (Å²) in [4.78, 5) is 4.34. The van der Waals surface area contributed by atoms with Crippen LogP contribution in [0.2, 0.25) is 0 Å². The van der Waals surface area contributed by atoms with Crippen LogP contribution in [0.25, 0.3) is 0 Å². The fraction of sp³-hybridized carbons (Fsp3) is 0.529. The Morgan fingerprint density at radius 1 is 0.844 bits per heavy atom. The summed E-state index contributed by atoms with van der Waals surface area (Å²) >= 11 is 7.31. The number of ether oxygens (including phenoxy) is 2. The zero-order valence-electron chi connectivity index (χ0n) is 27.5. The smallest absolute Gasteiger partial charge is 0.133 e. The van der Waals surface area contributed by atoms with Gasteiger partial charge in [-0.05, 0) is 147 Å². The normalized spacial score (nSPS) is 13.4. The molecule has 0 saturated heterocycles. The predicted octanol–water partition coefficient (Wildman–Crippen LogP) is 5.77. The van der Waals surface area contributed by atoms with Gasteiger partial charge in [-0.1, -0.05) is 12.1 Å². The van der Waals surface area contributed by atoms with E-state index < -0.39 is 0 Å². The number of nitrogens with two attached hydrogens (primary N) is 1. The first-order valence-electron chi connectivity index (χ1n) is 16.0. The van der Waals surface area contributed by atoms with E-state index in [4.69, 9.17) is 15.2 Å². The van der Waals surface area contributed by atoms with Crippen LogP contribution in [-0.2, 0) is 12.8 Å². The number of unbranched alkanes of at least 4 members (excludes halogenated alkanes) is 1. The molecule has 1 heterocycles. The topological polar surface area (TPSA) is 90.3 Å². The molecule has 11 heteroatoms. The molecule has 1 aliphatic rings. The minimum absolute atomic E-state index is 0.716. The van der Waals surface area contributed by atoms with Crippen LogP contribution in [0.5, 0.6) is 11.5 Å². The van der Waals surface area contributed by atoms with E-state index in [1.54, 1.807) is 0 Å². The molecule has 2 aromatic rings. The first kappa shape index (κ1) is 37.0. The summed E-state index contributed by atoms with van der Waals surface area (Å²) in [6, 6.07) is 12.7. The van der Waals surface area contributed by atoms with Gasteiger partial charge in [0.2, 0.25) is 0 Å². The average Bonchev–Trinajstić information content (AvgIpc) is 3.46. The molecule has 45 heavy (non-hydrogen) atoms. The SMILES string of the molecule is CN(C)CCCOc1ccc(CCN/C=C(\N)CCCCC2=CN(CCc3ccc(OCCCN(C)C)c(Br)c3)NN2)cc1Br. The van der Waals surface area contributed by atoms with Crippen LogP contribution in [-0.4, -0.2) is 82.4 Å². The van der Waals surface area contributed by atoms with Gasteiger partial charge in [0.15, 0.2) is 0 Å². The summed E-state index contributed by atoms with van der Waals surface area (Å²) in [5, 5.41) is 5.48. The molecule has 1 aliphatic heterocycles. The lowest BCUT2D eigenvalue weighted by molar-refractivity contribution is 0.273. The van der Waals surface area contributed by atoms with E-state index in [0.717, 1.165) is 110 Å². The van der Waals surface area contributed by atoms with Crippen molar-refractivity contribution in [3.05, 3.63) is 80.3 Å².